The van der Waals surface area contributed by atoms with Crippen molar-refractivity contribution in [1.82, 2.24) is 0 Å². The van der Waals surface area contributed by atoms with E-state index in [0.717, 1.165) is 0 Å². The van der Waals surface area contributed by atoms with Gasteiger partial charge in [0.25, 0.3) is 11.8 Å². The van der Waals surface area contributed by atoms with Gasteiger partial charge in [0.2, 0.25) is 5.60 Å². The average Bonchev–Trinajstić information content (AvgIpc) is 1.81. The summed E-state index contributed by atoms with van der Waals surface area (Å²) in [6.07, 6.45) is 0.160. The molecule has 1 nitrogen and oxygen atoms in total. The molecule has 0 fully saturated rings. The third kappa shape index (κ3) is 1.60. The Bertz CT molecular complexity index is 163. The van der Waals surface area contributed by atoms with E-state index in [1.54, 1.807) is 0 Å². The molecule has 0 amide bonds. The molecule has 0 aromatic heterocycles. The zero-order valence-corrected chi connectivity index (χ0v) is 6.74. The molecular formula is C7H10F4O. The summed E-state index contributed by atoms with van der Waals surface area (Å²) in [5, 5.41) is 8.88. The molecule has 0 bridgehead atoms. The molecular weight excluding hydrogens is 176 g/mol. The minimum absolute atomic E-state index is 0.160. The van der Waals surface area contributed by atoms with Gasteiger partial charge in [0, 0.05) is 13.8 Å². The molecule has 12 heavy (non-hydrogen) atoms. The topological polar surface area (TPSA) is 20.2 Å². The van der Waals surface area contributed by atoms with Gasteiger partial charge in [0.15, 0.2) is 0 Å². The molecule has 0 aliphatic carbocycles. The molecule has 72 valence electrons. The first kappa shape index (κ1) is 11.4. The fourth-order valence-electron chi connectivity index (χ4n) is 0.744. The molecule has 0 saturated carbocycles. The summed E-state index contributed by atoms with van der Waals surface area (Å²) < 4.78 is 49.9. The van der Waals surface area contributed by atoms with E-state index in [9.17, 15) is 17.6 Å². The lowest BCUT2D eigenvalue weighted by atomic mass is 9.90. The van der Waals surface area contributed by atoms with Crippen LogP contribution in [0.5, 0.6) is 0 Å². The van der Waals surface area contributed by atoms with E-state index in [2.05, 4.69) is 6.58 Å². The summed E-state index contributed by atoms with van der Waals surface area (Å²) >= 11 is 0. The van der Waals surface area contributed by atoms with Gasteiger partial charge in [-0.15, -0.1) is 0 Å². The second-order valence-corrected chi connectivity index (χ2v) is 2.75. The standard InChI is InChI=1S/C7H10F4O/c1-4-7(12,5(2,8)9)6(3,10)11/h4,12H,1H2,2-3H3. The predicted molar refractivity (Wildman–Crippen MR) is 36.4 cm³/mol. The van der Waals surface area contributed by atoms with Crippen molar-refractivity contribution in [3.05, 3.63) is 12.7 Å². The van der Waals surface area contributed by atoms with E-state index in [-0.39, 0.29) is 19.9 Å². The monoisotopic (exact) mass is 186 g/mol. The third-order valence-corrected chi connectivity index (χ3v) is 1.63. The number of hydrogen-bond acceptors (Lipinski definition) is 1. The van der Waals surface area contributed by atoms with Crippen LogP contribution in [0.25, 0.3) is 0 Å². The summed E-state index contributed by atoms with van der Waals surface area (Å²) in [4.78, 5) is 0. The van der Waals surface area contributed by atoms with Crippen LogP contribution in [0.3, 0.4) is 0 Å². The second-order valence-electron chi connectivity index (χ2n) is 2.75. The predicted octanol–water partition coefficient (Wildman–Crippen LogP) is 2.21. The fraction of sp³-hybridized carbons (Fsp3) is 0.714. The highest BCUT2D eigenvalue weighted by atomic mass is 19.3. The van der Waals surface area contributed by atoms with Crippen LogP contribution in [0, 0.1) is 0 Å². The van der Waals surface area contributed by atoms with Crippen molar-refractivity contribution in [1.29, 1.82) is 0 Å². The van der Waals surface area contributed by atoms with Gasteiger partial charge in [-0.25, -0.2) is 17.6 Å². The van der Waals surface area contributed by atoms with Crippen LogP contribution >= 0.6 is 0 Å². The Morgan fingerprint density at radius 3 is 1.33 bits per heavy atom. The summed E-state index contributed by atoms with van der Waals surface area (Å²) in [6, 6.07) is 0. The highest BCUT2D eigenvalue weighted by Crippen LogP contribution is 2.41. The maximum absolute atomic E-state index is 12.5. The van der Waals surface area contributed by atoms with Crippen molar-refractivity contribution < 1.29 is 22.7 Å². The minimum atomic E-state index is -3.92. The highest BCUT2D eigenvalue weighted by Gasteiger charge is 2.60. The lowest BCUT2D eigenvalue weighted by Crippen LogP contribution is -2.56. The molecule has 0 aromatic carbocycles. The van der Waals surface area contributed by atoms with E-state index in [4.69, 9.17) is 5.11 Å². The first-order valence-electron chi connectivity index (χ1n) is 3.18. The molecule has 0 radical (unpaired) electrons. The molecule has 0 saturated heterocycles. The first-order chi connectivity index (χ1) is 5.06. The van der Waals surface area contributed by atoms with E-state index >= 15 is 0 Å². The highest BCUT2D eigenvalue weighted by molar-refractivity contribution is 5.10. The Labute approximate surface area is 67.7 Å². The molecule has 0 heterocycles. The van der Waals surface area contributed by atoms with E-state index in [1.165, 1.54) is 0 Å². The van der Waals surface area contributed by atoms with Crippen LogP contribution in [0.15, 0.2) is 12.7 Å². The average molecular weight is 186 g/mol. The van der Waals surface area contributed by atoms with Crippen LogP contribution < -0.4 is 0 Å². The van der Waals surface area contributed by atoms with Crippen LogP contribution in [0.4, 0.5) is 17.6 Å². The van der Waals surface area contributed by atoms with Gasteiger partial charge in [-0.1, -0.05) is 6.58 Å². The lowest BCUT2D eigenvalue weighted by Gasteiger charge is -2.35. The van der Waals surface area contributed by atoms with Crippen molar-refractivity contribution in [2.24, 2.45) is 0 Å². The van der Waals surface area contributed by atoms with Crippen molar-refractivity contribution in [3.8, 4) is 0 Å². The Morgan fingerprint density at radius 2 is 1.33 bits per heavy atom. The lowest BCUT2D eigenvalue weighted by molar-refractivity contribution is -0.243. The van der Waals surface area contributed by atoms with E-state index in [1.807, 2.05) is 0 Å². The van der Waals surface area contributed by atoms with Gasteiger partial charge >= 0.3 is 0 Å². The zero-order chi connectivity index (χ0) is 10.2. The smallest absolute Gasteiger partial charge is 0.283 e. The van der Waals surface area contributed by atoms with Crippen LogP contribution in [0.1, 0.15) is 13.8 Å². The number of hydrogen-bond donors (Lipinski definition) is 1. The third-order valence-electron chi connectivity index (χ3n) is 1.63. The van der Waals surface area contributed by atoms with Crippen molar-refractivity contribution >= 4 is 0 Å². The minimum Gasteiger partial charge on any atom is -0.375 e. The molecule has 1 N–H and O–H groups in total. The number of alkyl halides is 4. The summed E-state index contributed by atoms with van der Waals surface area (Å²) in [7, 11) is 0. The van der Waals surface area contributed by atoms with Crippen LogP contribution in [-0.4, -0.2) is 22.6 Å². The first-order valence-corrected chi connectivity index (χ1v) is 3.18. The molecule has 0 atom stereocenters. The van der Waals surface area contributed by atoms with Crippen molar-refractivity contribution in [2.45, 2.75) is 31.3 Å². The Morgan fingerprint density at radius 1 is 1.08 bits per heavy atom. The van der Waals surface area contributed by atoms with Crippen LogP contribution in [0.2, 0.25) is 0 Å². The SMILES string of the molecule is C=CC(O)(C(C)(F)F)C(C)(F)F. The molecule has 0 aliphatic heterocycles. The molecule has 0 unspecified atom stereocenters. The number of halogens is 4. The van der Waals surface area contributed by atoms with E-state index < -0.39 is 17.4 Å². The number of rotatable bonds is 3. The van der Waals surface area contributed by atoms with Gasteiger partial charge in [-0.05, 0) is 6.08 Å². The molecule has 0 rings (SSSR count). The summed E-state index contributed by atoms with van der Waals surface area (Å²) in [6.45, 7) is 3.18. The maximum atomic E-state index is 12.5. The molecule has 0 aromatic rings. The van der Waals surface area contributed by atoms with Gasteiger partial charge < -0.3 is 5.11 Å². The normalized spacial score (nSPS) is 14.6. The second kappa shape index (κ2) is 2.73. The van der Waals surface area contributed by atoms with Crippen molar-refractivity contribution in [2.75, 3.05) is 0 Å². The van der Waals surface area contributed by atoms with Gasteiger partial charge in [-0.2, -0.15) is 0 Å². The quantitative estimate of drug-likeness (QED) is 0.529. The largest absolute Gasteiger partial charge is 0.375 e. The Hall–Kier alpha value is -0.580. The Kier molecular flexibility index (Phi) is 2.59. The van der Waals surface area contributed by atoms with Crippen molar-refractivity contribution in [3.63, 3.8) is 0 Å². The summed E-state index contributed by atoms with van der Waals surface area (Å²) in [5.41, 5.74) is -3.49. The van der Waals surface area contributed by atoms with Crippen LogP contribution in [-0.2, 0) is 0 Å². The van der Waals surface area contributed by atoms with Gasteiger partial charge in [0.1, 0.15) is 0 Å². The zero-order valence-electron chi connectivity index (χ0n) is 6.74. The summed E-state index contributed by atoms with van der Waals surface area (Å²) in [5.74, 6) is -7.85. The van der Waals surface area contributed by atoms with Gasteiger partial charge in [0.05, 0.1) is 0 Å². The maximum Gasteiger partial charge on any atom is 0.283 e. The Balaban J connectivity index is 5.09. The number of aliphatic hydroxyl groups is 1. The molecule has 0 spiro atoms. The fourth-order valence-corrected chi connectivity index (χ4v) is 0.744. The molecule has 5 heteroatoms. The van der Waals surface area contributed by atoms with E-state index in [0.29, 0.717) is 0 Å². The van der Waals surface area contributed by atoms with Gasteiger partial charge in [-0.3, -0.25) is 0 Å². The molecule has 0 aliphatic rings.